The lowest BCUT2D eigenvalue weighted by Crippen LogP contribution is -2.17. The van der Waals surface area contributed by atoms with Crippen LogP contribution in [-0.4, -0.2) is 32.1 Å². The molecular formula is C16H38O2S4. The maximum Gasteiger partial charge on any atom is 0.118 e. The van der Waals surface area contributed by atoms with Crippen molar-refractivity contribution in [3.63, 3.8) is 0 Å². The quantitative estimate of drug-likeness (QED) is 0.191. The predicted molar refractivity (Wildman–Crippen MR) is 114 cm³/mol. The molecule has 0 aromatic heterocycles. The number of rotatable bonds is 13. The van der Waals surface area contributed by atoms with Gasteiger partial charge in [-0.05, 0) is 36.9 Å². The molecule has 138 valence electrons. The maximum atomic E-state index is 11.2. The fraction of sp³-hybridized carbons (Fsp3) is 1.00. The SMILES string of the molecule is CCCCS[S+]([O-])CCCC.CCCC[SH](O)(=S)CCCC. The Morgan fingerprint density at radius 1 is 0.909 bits per heavy atom. The Labute approximate surface area is 152 Å². The van der Waals surface area contributed by atoms with Crippen LogP contribution in [0.15, 0.2) is 0 Å². The molecule has 0 aromatic carbocycles. The van der Waals surface area contributed by atoms with Crippen molar-refractivity contribution in [3.05, 3.63) is 0 Å². The minimum atomic E-state index is -1.89. The van der Waals surface area contributed by atoms with E-state index in [1.54, 1.807) is 10.8 Å². The highest BCUT2D eigenvalue weighted by Crippen LogP contribution is 2.16. The van der Waals surface area contributed by atoms with Crippen molar-refractivity contribution in [2.75, 3.05) is 23.0 Å². The van der Waals surface area contributed by atoms with Crippen LogP contribution in [0.25, 0.3) is 0 Å². The molecule has 0 bridgehead atoms. The van der Waals surface area contributed by atoms with Gasteiger partial charge in [-0.2, -0.15) is 0 Å². The molecule has 0 saturated heterocycles. The Hall–Kier alpha value is 1.19. The zero-order valence-corrected chi connectivity index (χ0v) is 18.4. The van der Waals surface area contributed by atoms with Crippen LogP contribution >= 0.6 is 10.8 Å². The van der Waals surface area contributed by atoms with E-state index in [-0.39, 0.29) is 0 Å². The Bertz CT molecular complexity index is 251. The van der Waals surface area contributed by atoms with E-state index in [0.717, 1.165) is 61.5 Å². The van der Waals surface area contributed by atoms with Gasteiger partial charge < -0.3 is 9.11 Å². The standard InChI is InChI=1S/C8H20OS2.C8H18OS2/c1-3-5-7-11(9,10)8-6-4-2;1-3-5-7-10-11(9)8-6-4-2/h11H,3-8H2,1-2H3,(H,9,10);3-8H2,1-2H3. The van der Waals surface area contributed by atoms with Crippen molar-refractivity contribution in [3.8, 4) is 0 Å². The molecule has 0 aromatic rings. The van der Waals surface area contributed by atoms with Crippen molar-refractivity contribution in [2.45, 2.75) is 79.1 Å². The fourth-order valence-corrected chi connectivity index (χ4v) is 7.01. The summed E-state index contributed by atoms with van der Waals surface area (Å²) in [7, 11) is -0.884. The van der Waals surface area contributed by atoms with E-state index in [1.165, 1.54) is 12.8 Å². The topological polar surface area (TPSA) is 43.3 Å². The number of thiol groups is 1. The van der Waals surface area contributed by atoms with Crippen molar-refractivity contribution < 1.29 is 9.11 Å². The summed E-state index contributed by atoms with van der Waals surface area (Å²) in [5, 5.41) is 0. The molecule has 0 rings (SSSR count). The summed E-state index contributed by atoms with van der Waals surface area (Å²) in [4.78, 5) is 0. The van der Waals surface area contributed by atoms with E-state index in [0.29, 0.717) is 0 Å². The highest BCUT2D eigenvalue weighted by atomic mass is 33.1. The Balaban J connectivity index is 0. The Morgan fingerprint density at radius 3 is 1.77 bits per heavy atom. The lowest BCUT2D eigenvalue weighted by atomic mass is 10.4. The first kappa shape index (κ1) is 25.4. The highest BCUT2D eigenvalue weighted by Gasteiger charge is 2.05. The summed E-state index contributed by atoms with van der Waals surface area (Å²) in [6, 6.07) is 0. The summed E-state index contributed by atoms with van der Waals surface area (Å²) in [5.41, 5.74) is 0. The molecule has 0 fully saturated rings. The average Bonchev–Trinajstić information content (AvgIpc) is 2.50. The second-order valence-electron chi connectivity index (χ2n) is 5.54. The van der Waals surface area contributed by atoms with Crippen LogP contribution in [0.2, 0.25) is 0 Å². The summed E-state index contributed by atoms with van der Waals surface area (Å²) >= 11 is 5.14. The minimum Gasteiger partial charge on any atom is -0.605 e. The number of hydrogen-bond acceptors (Lipinski definition) is 3. The molecule has 0 heterocycles. The molecule has 0 aliphatic rings. The highest BCUT2D eigenvalue weighted by molar-refractivity contribution is 8.72. The molecule has 0 aliphatic carbocycles. The van der Waals surface area contributed by atoms with Crippen molar-refractivity contribution >= 4 is 41.1 Å². The van der Waals surface area contributed by atoms with Gasteiger partial charge >= 0.3 is 0 Å². The van der Waals surface area contributed by atoms with Crippen molar-refractivity contribution in [1.82, 2.24) is 0 Å². The third-order valence-corrected chi connectivity index (χ3v) is 9.35. The number of hydrogen-bond donors (Lipinski definition) is 2. The van der Waals surface area contributed by atoms with Gasteiger partial charge in [0.2, 0.25) is 0 Å². The van der Waals surface area contributed by atoms with Gasteiger partial charge in [0, 0.05) is 27.5 Å². The van der Waals surface area contributed by atoms with Gasteiger partial charge in [0.05, 0.1) is 10.8 Å². The van der Waals surface area contributed by atoms with Gasteiger partial charge in [-0.15, -0.1) is 8.87 Å². The molecule has 0 radical (unpaired) electrons. The molecule has 0 amide bonds. The maximum absolute atomic E-state index is 11.2. The van der Waals surface area contributed by atoms with Crippen LogP contribution in [0.4, 0.5) is 0 Å². The minimum absolute atomic E-state index is 0.605. The van der Waals surface area contributed by atoms with Crippen LogP contribution in [-0.2, 0) is 30.3 Å². The Morgan fingerprint density at radius 2 is 1.36 bits per heavy atom. The molecular weight excluding hydrogens is 352 g/mol. The lowest BCUT2D eigenvalue weighted by Gasteiger charge is -2.19. The normalized spacial score (nSPS) is 13.4. The van der Waals surface area contributed by atoms with Gasteiger partial charge in [-0.1, -0.05) is 53.4 Å². The smallest absolute Gasteiger partial charge is 0.118 e. The van der Waals surface area contributed by atoms with Crippen LogP contribution in [0.1, 0.15) is 79.1 Å². The molecule has 1 unspecified atom stereocenters. The van der Waals surface area contributed by atoms with E-state index < -0.39 is 19.1 Å². The van der Waals surface area contributed by atoms with Crippen molar-refractivity contribution in [1.29, 1.82) is 0 Å². The van der Waals surface area contributed by atoms with E-state index in [4.69, 9.17) is 11.2 Å². The summed E-state index contributed by atoms with van der Waals surface area (Å²) < 4.78 is 20.9. The largest absolute Gasteiger partial charge is 0.605 e. The van der Waals surface area contributed by atoms with E-state index in [1.807, 2.05) is 0 Å². The Kier molecular flexibility index (Phi) is 21.4. The van der Waals surface area contributed by atoms with E-state index >= 15 is 0 Å². The second kappa shape index (κ2) is 18.5. The average molecular weight is 391 g/mol. The van der Waals surface area contributed by atoms with Gasteiger partial charge in [-0.25, -0.2) is 0 Å². The zero-order valence-electron chi connectivity index (χ0n) is 15.0. The molecule has 1 atom stereocenters. The van der Waals surface area contributed by atoms with Crippen LogP contribution in [0, 0.1) is 0 Å². The van der Waals surface area contributed by atoms with Gasteiger partial charge in [0.25, 0.3) is 0 Å². The second-order valence-corrected chi connectivity index (χ2v) is 13.6. The lowest BCUT2D eigenvalue weighted by molar-refractivity contribution is 0.606. The van der Waals surface area contributed by atoms with Gasteiger partial charge in [0.1, 0.15) is 5.75 Å². The first-order valence-electron chi connectivity index (χ1n) is 8.75. The zero-order chi connectivity index (χ0) is 17.3. The fourth-order valence-electron chi connectivity index (χ4n) is 1.54. The third-order valence-electron chi connectivity index (χ3n) is 3.10. The van der Waals surface area contributed by atoms with Gasteiger partial charge in [0.15, 0.2) is 0 Å². The monoisotopic (exact) mass is 390 g/mol. The first-order valence-corrected chi connectivity index (χ1v) is 14.7. The summed E-state index contributed by atoms with van der Waals surface area (Å²) in [6.45, 7) is 8.56. The molecule has 22 heavy (non-hydrogen) atoms. The van der Waals surface area contributed by atoms with E-state index in [9.17, 15) is 9.11 Å². The molecule has 0 aliphatic heterocycles. The first-order chi connectivity index (χ1) is 10.4. The molecule has 1 N–H and O–H groups in total. The molecule has 0 saturated carbocycles. The summed E-state index contributed by atoms with van der Waals surface area (Å²) in [6.07, 6.45) is 9.14. The van der Waals surface area contributed by atoms with Crippen LogP contribution in [0.3, 0.4) is 0 Å². The van der Waals surface area contributed by atoms with Crippen LogP contribution in [0.5, 0.6) is 0 Å². The summed E-state index contributed by atoms with van der Waals surface area (Å²) in [5.74, 6) is 3.72. The molecule has 0 spiro atoms. The van der Waals surface area contributed by atoms with E-state index in [2.05, 4.69) is 27.7 Å². The van der Waals surface area contributed by atoms with Crippen molar-refractivity contribution in [2.24, 2.45) is 0 Å². The molecule has 2 nitrogen and oxygen atoms in total. The van der Waals surface area contributed by atoms with Gasteiger partial charge in [-0.3, -0.25) is 0 Å². The molecule has 6 heteroatoms. The van der Waals surface area contributed by atoms with Crippen LogP contribution < -0.4 is 0 Å². The number of unbranched alkanes of at least 4 members (excludes halogenated alkanes) is 4. The predicted octanol–water partition coefficient (Wildman–Crippen LogP) is 5.39. The third kappa shape index (κ3) is 21.2.